The third-order valence-corrected chi connectivity index (χ3v) is 9.08. The van der Waals surface area contributed by atoms with Crippen molar-refractivity contribution in [3.8, 4) is 0 Å². The van der Waals surface area contributed by atoms with Crippen LogP contribution in [0.5, 0.6) is 0 Å². The number of hydrogen-bond donors (Lipinski definition) is 2. The zero-order valence-electron chi connectivity index (χ0n) is 19.3. The van der Waals surface area contributed by atoms with Crippen molar-refractivity contribution >= 4 is 11.8 Å². The maximum atomic E-state index is 14.2. The third-order valence-electron chi connectivity index (χ3n) is 9.08. The molecule has 1 aromatic rings. The van der Waals surface area contributed by atoms with Gasteiger partial charge in [0.1, 0.15) is 6.10 Å². The van der Waals surface area contributed by atoms with Gasteiger partial charge in [-0.3, -0.25) is 4.79 Å². The van der Waals surface area contributed by atoms with E-state index in [-0.39, 0.29) is 29.0 Å². The van der Waals surface area contributed by atoms with Crippen LogP contribution in [0.3, 0.4) is 0 Å². The zero-order valence-corrected chi connectivity index (χ0v) is 19.3. The predicted molar refractivity (Wildman–Crippen MR) is 120 cm³/mol. The first-order chi connectivity index (χ1) is 15.0. The molecule has 4 aliphatic rings. The van der Waals surface area contributed by atoms with Gasteiger partial charge in [0, 0.05) is 5.92 Å². The van der Waals surface area contributed by atoms with E-state index in [1.807, 2.05) is 19.1 Å². The van der Waals surface area contributed by atoms with Crippen LogP contribution in [-0.4, -0.2) is 39.8 Å². The molecular formula is C27H32O5. The summed E-state index contributed by atoms with van der Waals surface area (Å²) >= 11 is 0. The van der Waals surface area contributed by atoms with Gasteiger partial charge in [-0.25, -0.2) is 4.79 Å². The average molecular weight is 437 g/mol. The number of ketones is 1. The first-order valence-electron chi connectivity index (χ1n) is 11.6. The molecule has 0 saturated heterocycles. The lowest BCUT2D eigenvalue weighted by atomic mass is 9.59. The van der Waals surface area contributed by atoms with E-state index in [9.17, 15) is 19.8 Å². The van der Waals surface area contributed by atoms with Crippen molar-refractivity contribution in [1.29, 1.82) is 0 Å². The van der Waals surface area contributed by atoms with Crippen LogP contribution in [0.1, 0.15) is 51.4 Å². The number of benzene rings is 1. The summed E-state index contributed by atoms with van der Waals surface area (Å²) in [5.41, 5.74) is -1.68. The Labute approximate surface area is 189 Å². The number of carbonyl (C=O) groups excluding carboxylic acids is 2. The van der Waals surface area contributed by atoms with E-state index in [2.05, 4.69) is 13.8 Å². The summed E-state index contributed by atoms with van der Waals surface area (Å²) < 4.78 is 5.94. The smallest absolute Gasteiger partial charge is 0.338 e. The number of aliphatic hydroxyl groups is 2. The van der Waals surface area contributed by atoms with Crippen molar-refractivity contribution < 1.29 is 24.5 Å². The number of ether oxygens (including phenoxy) is 1. The Morgan fingerprint density at radius 1 is 1.12 bits per heavy atom. The lowest BCUT2D eigenvalue weighted by Gasteiger charge is -2.49. The fraction of sp³-hybridized carbons (Fsp3) is 0.556. The molecule has 1 spiro atoms. The Balaban J connectivity index is 1.68. The van der Waals surface area contributed by atoms with Gasteiger partial charge in [0.05, 0.1) is 11.0 Å². The van der Waals surface area contributed by atoms with Crippen LogP contribution >= 0.6 is 0 Å². The second kappa shape index (κ2) is 6.64. The first kappa shape index (κ1) is 21.6. The highest BCUT2D eigenvalue weighted by atomic mass is 16.6. The molecule has 1 aromatic carbocycles. The van der Waals surface area contributed by atoms with E-state index in [1.165, 1.54) is 0 Å². The minimum absolute atomic E-state index is 0.0433. The van der Waals surface area contributed by atoms with E-state index in [1.54, 1.807) is 44.2 Å². The molecule has 0 amide bonds. The number of esters is 1. The number of fused-ring (bicyclic) bond motifs is 3. The van der Waals surface area contributed by atoms with Crippen molar-refractivity contribution in [3.05, 3.63) is 59.2 Å². The van der Waals surface area contributed by atoms with Crippen LogP contribution in [0.25, 0.3) is 0 Å². The van der Waals surface area contributed by atoms with Crippen molar-refractivity contribution in [2.45, 2.75) is 58.8 Å². The van der Waals surface area contributed by atoms with Crippen LogP contribution in [0.15, 0.2) is 53.6 Å². The first-order valence-corrected chi connectivity index (χ1v) is 11.6. The number of rotatable bonds is 2. The Morgan fingerprint density at radius 3 is 2.44 bits per heavy atom. The highest BCUT2D eigenvalue weighted by Crippen LogP contribution is 2.71. The van der Waals surface area contributed by atoms with Gasteiger partial charge in [-0.1, -0.05) is 51.1 Å². The van der Waals surface area contributed by atoms with Crippen molar-refractivity contribution in [2.75, 3.05) is 0 Å². The highest BCUT2D eigenvalue weighted by molar-refractivity contribution is 5.96. The van der Waals surface area contributed by atoms with Crippen LogP contribution in [-0.2, 0) is 9.53 Å². The fourth-order valence-electron chi connectivity index (χ4n) is 7.32. The molecule has 1 unspecified atom stereocenters. The molecule has 32 heavy (non-hydrogen) atoms. The molecule has 5 rings (SSSR count). The third kappa shape index (κ3) is 2.47. The topological polar surface area (TPSA) is 83.8 Å². The second-order valence-electron chi connectivity index (χ2n) is 11.0. The van der Waals surface area contributed by atoms with E-state index in [4.69, 9.17) is 4.74 Å². The average Bonchev–Trinajstić information content (AvgIpc) is 3.26. The molecule has 0 heterocycles. The van der Waals surface area contributed by atoms with Gasteiger partial charge in [0.2, 0.25) is 0 Å². The molecule has 2 bridgehead atoms. The summed E-state index contributed by atoms with van der Waals surface area (Å²) in [5.74, 6) is -0.647. The quantitative estimate of drug-likeness (QED) is 0.546. The van der Waals surface area contributed by atoms with Crippen LogP contribution in [0.4, 0.5) is 0 Å². The van der Waals surface area contributed by atoms with E-state index in [0.29, 0.717) is 22.6 Å². The minimum atomic E-state index is -1.95. The normalized spacial score (nSPS) is 43.8. The molecule has 8 atom stereocenters. The standard InChI is InChI=1S/C27H32O5/c1-14-11-18-20-19(25(20,4)5)12-16(3)26(22(18)29)13-15(2)21(28)27(26,31)23(14)32-24(30)17-9-7-6-8-10-17/h6-11,13,16,18-21,23,28,31H,12H2,1-5H3/t16-,18?,19-,20+,21+,23-,26+,27-/m1/s1. The van der Waals surface area contributed by atoms with Gasteiger partial charge in [-0.05, 0) is 66.7 Å². The summed E-state index contributed by atoms with van der Waals surface area (Å²) in [7, 11) is 0. The number of Topliss-reactive ketones (excluding diaryl/α,β-unsaturated/α-hetero) is 1. The zero-order chi connectivity index (χ0) is 23.2. The van der Waals surface area contributed by atoms with Crippen LogP contribution in [0.2, 0.25) is 0 Å². The minimum Gasteiger partial charge on any atom is -0.451 e. The molecule has 2 saturated carbocycles. The Bertz CT molecular complexity index is 1050. The molecule has 0 radical (unpaired) electrons. The highest BCUT2D eigenvalue weighted by Gasteiger charge is 2.76. The van der Waals surface area contributed by atoms with E-state index < -0.39 is 29.2 Å². The molecule has 170 valence electrons. The lowest BCUT2D eigenvalue weighted by molar-refractivity contribution is -0.189. The van der Waals surface area contributed by atoms with Gasteiger partial charge in [-0.15, -0.1) is 0 Å². The van der Waals surface area contributed by atoms with E-state index >= 15 is 0 Å². The monoisotopic (exact) mass is 436 g/mol. The summed E-state index contributed by atoms with van der Waals surface area (Å²) in [6.07, 6.45) is 2.04. The van der Waals surface area contributed by atoms with Gasteiger partial charge in [0.25, 0.3) is 0 Å². The lowest BCUT2D eigenvalue weighted by Crippen LogP contribution is -2.65. The number of carbonyl (C=O) groups is 2. The molecule has 0 aliphatic heterocycles. The summed E-state index contributed by atoms with van der Waals surface area (Å²) in [4.78, 5) is 27.3. The van der Waals surface area contributed by atoms with Gasteiger partial charge in [0.15, 0.2) is 17.5 Å². The van der Waals surface area contributed by atoms with Gasteiger partial charge in [-0.2, -0.15) is 0 Å². The number of hydrogen-bond acceptors (Lipinski definition) is 5. The Kier molecular flexibility index (Phi) is 4.48. The van der Waals surface area contributed by atoms with Gasteiger partial charge < -0.3 is 14.9 Å². The Morgan fingerprint density at radius 2 is 1.78 bits per heavy atom. The summed E-state index contributed by atoms with van der Waals surface area (Å²) in [6, 6.07) is 8.61. The molecule has 5 heteroatoms. The van der Waals surface area contributed by atoms with E-state index in [0.717, 1.165) is 6.42 Å². The number of allylic oxidation sites excluding steroid dienone is 1. The molecular weight excluding hydrogens is 404 g/mol. The fourth-order valence-corrected chi connectivity index (χ4v) is 7.32. The molecule has 5 nitrogen and oxygen atoms in total. The molecule has 2 N–H and O–H groups in total. The van der Waals surface area contributed by atoms with Crippen molar-refractivity contribution in [2.24, 2.45) is 34.5 Å². The second-order valence-corrected chi connectivity index (χ2v) is 11.0. The molecule has 0 aromatic heterocycles. The van der Waals surface area contributed by atoms with Crippen LogP contribution < -0.4 is 0 Å². The summed E-state index contributed by atoms with van der Waals surface area (Å²) in [6.45, 7) is 9.95. The SMILES string of the molecule is CC1=CC2C(=O)[C@]3(C=C(C)[C@H](O)[C@@]3(O)[C@@H]1OC(=O)c1ccccc1)[C@H](C)C[C@@H]1[C@H]2C1(C)C. The van der Waals surface area contributed by atoms with Crippen molar-refractivity contribution in [1.82, 2.24) is 0 Å². The summed E-state index contributed by atoms with van der Waals surface area (Å²) in [5, 5.41) is 23.6. The van der Waals surface area contributed by atoms with Crippen LogP contribution in [0, 0.1) is 34.5 Å². The maximum Gasteiger partial charge on any atom is 0.338 e. The largest absolute Gasteiger partial charge is 0.451 e. The van der Waals surface area contributed by atoms with Gasteiger partial charge >= 0.3 is 5.97 Å². The maximum absolute atomic E-state index is 14.2. The molecule has 2 fully saturated rings. The Hall–Kier alpha value is -2.24. The van der Waals surface area contributed by atoms with Crippen molar-refractivity contribution in [3.63, 3.8) is 0 Å². The predicted octanol–water partition coefficient (Wildman–Crippen LogP) is 3.71. The molecule has 4 aliphatic carbocycles. The number of aliphatic hydroxyl groups excluding tert-OH is 1.